The van der Waals surface area contributed by atoms with Crippen LogP contribution in [-0.2, 0) is 11.3 Å². The highest BCUT2D eigenvalue weighted by Crippen LogP contribution is 2.46. The second-order valence-corrected chi connectivity index (χ2v) is 9.21. The molecule has 2 aromatic rings. The van der Waals surface area contributed by atoms with Crippen LogP contribution < -0.4 is 5.73 Å². The van der Waals surface area contributed by atoms with Gasteiger partial charge in [-0.3, -0.25) is 0 Å². The number of hydrogen-bond acceptors (Lipinski definition) is 5. The molecule has 7 nitrogen and oxygen atoms in total. The van der Waals surface area contributed by atoms with E-state index in [1.54, 1.807) is 12.1 Å². The molecule has 2 bridgehead atoms. The van der Waals surface area contributed by atoms with Crippen molar-refractivity contribution in [3.05, 3.63) is 39.6 Å². The van der Waals surface area contributed by atoms with Crippen molar-refractivity contribution < 1.29 is 14.5 Å². The molecule has 1 aromatic carbocycles. The third kappa shape index (κ3) is 3.53. The summed E-state index contributed by atoms with van der Waals surface area (Å²) < 4.78 is 12.1. The Labute approximate surface area is 184 Å². The topological polar surface area (TPSA) is 97.1 Å². The van der Waals surface area contributed by atoms with Gasteiger partial charge in [0.2, 0.25) is 5.96 Å². The van der Waals surface area contributed by atoms with Crippen LogP contribution in [-0.4, -0.2) is 39.4 Å². The first-order valence-corrected chi connectivity index (χ1v) is 11.1. The maximum absolute atomic E-state index is 9.07. The molecule has 3 fully saturated rings. The van der Waals surface area contributed by atoms with Crippen LogP contribution in [0.2, 0.25) is 10.0 Å². The van der Waals surface area contributed by atoms with E-state index in [1.807, 2.05) is 11.0 Å². The number of oxime groups is 1. The zero-order valence-electron chi connectivity index (χ0n) is 16.4. The van der Waals surface area contributed by atoms with Gasteiger partial charge in [-0.1, -0.05) is 39.6 Å². The highest BCUT2D eigenvalue weighted by atomic mass is 35.5. The zero-order chi connectivity index (χ0) is 20.8. The lowest BCUT2D eigenvalue weighted by Crippen LogP contribution is -2.51. The van der Waals surface area contributed by atoms with Gasteiger partial charge >= 0.3 is 0 Å². The fourth-order valence-electron chi connectivity index (χ4n) is 4.94. The minimum absolute atomic E-state index is 0.0989. The Morgan fingerprint density at radius 3 is 2.47 bits per heavy atom. The summed E-state index contributed by atoms with van der Waals surface area (Å²) in [7, 11) is 0. The monoisotopic (exact) mass is 450 g/mol. The van der Waals surface area contributed by atoms with Crippen molar-refractivity contribution in [2.45, 2.75) is 69.2 Å². The molecule has 3 atom stereocenters. The van der Waals surface area contributed by atoms with E-state index in [-0.39, 0.29) is 24.1 Å². The molecule has 3 aliphatic rings. The third-order valence-electron chi connectivity index (χ3n) is 6.49. The quantitative estimate of drug-likeness (QED) is 0.295. The van der Waals surface area contributed by atoms with Gasteiger partial charge in [0.1, 0.15) is 11.5 Å². The average Bonchev–Trinajstić information content (AvgIpc) is 3.44. The predicted octanol–water partition coefficient (Wildman–Crippen LogP) is 4.74. The van der Waals surface area contributed by atoms with E-state index in [9.17, 15) is 0 Å². The second-order valence-electron chi connectivity index (χ2n) is 8.40. The van der Waals surface area contributed by atoms with Gasteiger partial charge < -0.3 is 25.1 Å². The molecule has 3 heterocycles. The van der Waals surface area contributed by atoms with Gasteiger partial charge in [0.25, 0.3) is 0 Å². The summed E-state index contributed by atoms with van der Waals surface area (Å²) in [5, 5.41) is 17.7. The summed E-state index contributed by atoms with van der Waals surface area (Å²) in [5.74, 6) is 1.48. The summed E-state index contributed by atoms with van der Waals surface area (Å²) >= 11 is 12.9. The number of guanidine groups is 1. The largest absolute Gasteiger partial charge is 0.408 e. The molecule has 30 heavy (non-hydrogen) atoms. The third-order valence-corrected chi connectivity index (χ3v) is 7.12. The number of benzene rings is 1. The molecule has 160 valence electrons. The highest BCUT2D eigenvalue weighted by molar-refractivity contribution is 6.39. The first-order chi connectivity index (χ1) is 14.6. The Morgan fingerprint density at radius 2 is 1.87 bits per heavy atom. The Morgan fingerprint density at radius 1 is 1.20 bits per heavy atom. The number of piperidine rings is 1. The van der Waals surface area contributed by atoms with Crippen LogP contribution in [0.1, 0.15) is 55.8 Å². The SMILES string of the molecule is N/C(=N\O)N1[C@@H]2CC[C@H]1C[C@@H](OCc1c(-c3c(Cl)cccc3Cl)noc1C1CC1)C2. The Balaban J connectivity index is 1.37. The maximum atomic E-state index is 9.07. The van der Waals surface area contributed by atoms with Crippen molar-refractivity contribution in [2.24, 2.45) is 10.9 Å². The van der Waals surface area contributed by atoms with Crippen LogP contribution in [0.25, 0.3) is 11.3 Å². The number of hydrogen-bond donors (Lipinski definition) is 2. The Hall–Kier alpha value is -1.96. The average molecular weight is 451 g/mol. The standard InChI is InChI=1S/C21H24Cl2N4O3/c22-16-2-1-3-17(23)18(16)19-15(20(30-26-19)11-4-5-11)10-29-14-8-12-6-7-13(9-14)27(12)21(24)25-28/h1-3,11-14,28H,4-10H2,(H2,24,25)/t12-,13+,14+. The van der Waals surface area contributed by atoms with E-state index < -0.39 is 0 Å². The van der Waals surface area contributed by atoms with Crippen molar-refractivity contribution in [3.8, 4) is 11.3 Å². The maximum Gasteiger partial charge on any atom is 0.233 e. The molecule has 2 saturated heterocycles. The number of rotatable bonds is 5. The molecular formula is C21H24Cl2N4O3. The number of aromatic nitrogens is 1. The minimum atomic E-state index is 0.0989. The highest BCUT2D eigenvalue weighted by Gasteiger charge is 2.43. The van der Waals surface area contributed by atoms with Crippen LogP contribution in [0.4, 0.5) is 0 Å². The summed E-state index contributed by atoms with van der Waals surface area (Å²) in [6, 6.07) is 5.91. The molecule has 0 radical (unpaired) electrons. The van der Waals surface area contributed by atoms with Gasteiger partial charge in [-0.15, -0.1) is 0 Å². The van der Waals surface area contributed by atoms with Crippen LogP contribution in [0.15, 0.2) is 27.9 Å². The first kappa shape index (κ1) is 20.0. The van der Waals surface area contributed by atoms with Gasteiger partial charge in [-0.05, 0) is 50.7 Å². The lowest BCUT2D eigenvalue weighted by Gasteiger charge is -2.38. The molecule has 1 saturated carbocycles. The fraction of sp³-hybridized carbons (Fsp3) is 0.524. The summed E-state index contributed by atoms with van der Waals surface area (Å²) in [5.41, 5.74) is 8.18. The van der Waals surface area contributed by atoms with Crippen molar-refractivity contribution in [3.63, 3.8) is 0 Å². The van der Waals surface area contributed by atoms with Crippen molar-refractivity contribution in [1.82, 2.24) is 10.1 Å². The lowest BCUT2D eigenvalue weighted by molar-refractivity contribution is -0.0123. The second kappa shape index (κ2) is 7.94. The zero-order valence-corrected chi connectivity index (χ0v) is 17.9. The van der Waals surface area contributed by atoms with E-state index in [0.717, 1.165) is 49.8 Å². The van der Waals surface area contributed by atoms with Crippen LogP contribution in [0, 0.1) is 0 Å². The van der Waals surface area contributed by atoms with Crippen molar-refractivity contribution in [1.29, 1.82) is 0 Å². The summed E-state index contributed by atoms with van der Waals surface area (Å²) in [4.78, 5) is 2.03. The van der Waals surface area contributed by atoms with Gasteiger partial charge in [0.15, 0.2) is 0 Å². The molecule has 3 N–H and O–H groups in total. The molecule has 0 spiro atoms. The Bertz CT molecular complexity index is 941. The number of ether oxygens (including phenoxy) is 1. The molecule has 0 amide bonds. The van der Waals surface area contributed by atoms with Gasteiger partial charge in [0, 0.05) is 29.1 Å². The van der Waals surface area contributed by atoms with Crippen LogP contribution in [0.3, 0.4) is 0 Å². The normalized spacial score (nSPS) is 26.4. The van der Waals surface area contributed by atoms with Crippen LogP contribution >= 0.6 is 23.2 Å². The predicted molar refractivity (Wildman–Crippen MR) is 114 cm³/mol. The molecule has 2 aliphatic heterocycles. The Kier molecular flexibility index (Phi) is 5.29. The molecule has 1 aromatic heterocycles. The first-order valence-electron chi connectivity index (χ1n) is 10.4. The van der Waals surface area contributed by atoms with Crippen molar-refractivity contribution in [2.75, 3.05) is 0 Å². The molecule has 0 unspecified atom stereocenters. The van der Waals surface area contributed by atoms with E-state index in [0.29, 0.717) is 33.8 Å². The number of halogens is 2. The van der Waals surface area contributed by atoms with E-state index in [1.165, 1.54) is 0 Å². The van der Waals surface area contributed by atoms with E-state index >= 15 is 0 Å². The molecule has 5 rings (SSSR count). The van der Waals surface area contributed by atoms with Gasteiger partial charge in [-0.2, -0.15) is 0 Å². The summed E-state index contributed by atoms with van der Waals surface area (Å²) in [6.07, 6.45) is 6.05. The molecule has 1 aliphatic carbocycles. The number of fused-ring (bicyclic) bond motifs is 2. The molecular weight excluding hydrogens is 427 g/mol. The number of nitrogens with zero attached hydrogens (tertiary/aromatic N) is 3. The summed E-state index contributed by atoms with van der Waals surface area (Å²) in [6.45, 7) is 0.403. The lowest BCUT2D eigenvalue weighted by atomic mass is 9.99. The van der Waals surface area contributed by atoms with Gasteiger partial charge in [-0.25, -0.2) is 0 Å². The number of nitrogens with two attached hydrogens (primary N) is 1. The van der Waals surface area contributed by atoms with E-state index in [2.05, 4.69) is 10.3 Å². The van der Waals surface area contributed by atoms with Crippen LogP contribution in [0.5, 0.6) is 0 Å². The minimum Gasteiger partial charge on any atom is -0.408 e. The fourth-order valence-corrected chi connectivity index (χ4v) is 5.51. The van der Waals surface area contributed by atoms with Gasteiger partial charge in [0.05, 0.1) is 22.8 Å². The smallest absolute Gasteiger partial charge is 0.233 e. The van der Waals surface area contributed by atoms with E-state index in [4.69, 9.17) is 43.4 Å². The molecule has 9 heteroatoms. The van der Waals surface area contributed by atoms with Crippen molar-refractivity contribution >= 4 is 29.2 Å².